The molecule has 0 atom stereocenters. The van der Waals surface area contributed by atoms with Gasteiger partial charge in [-0.2, -0.15) is 0 Å². The highest BCUT2D eigenvalue weighted by Gasteiger charge is 2.44. The van der Waals surface area contributed by atoms with Gasteiger partial charge in [0, 0.05) is 16.3 Å². The van der Waals surface area contributed by atoms with Gasteiger partial charge in [-0.3, -0.25) is 19.3 Å². The van der Waals surface area contributed by atoms with E-state index in [1.165, 1.54) is 11.8 Å². The Labute approximate surface area is 184 Å². The Morgan fingerprint density at radius 2 is 1.74 bits per heavy atom. The number of hydrogen-bond donors (Lipinski definition) is 2. The highest BCUT2D eigenvalue weighted by atomic mass is 32.2. The lowest BCUT2D eigenvalue weighted by molar-refractivity contribution is -0.147. The second kappa shape index (κ2) is 9.65. The van der Waals surface area contributed by atoms with Crippen LogP contribution in [0.3, 0.4) is 0 Å². The van der Waals surface area contributed by atoms with Crippen molar-refractivity contribution in [3.05, 3.63) is 54.6 Å². The molecule has 3 rings (SSSR count). The number of benzene rings is 2. The summed E-state index contributed by atoms with van der Waals surface area (Å²) in [5.74, 6) is -1.56. The van der Waals surface area contributed by atoms with E-state index in [4.69, 9.17) is 4.74 Å². The predicted molar refractivity (Wildman–Crippen MR) is 116 cm³/mol. The molecule has 8 nitrogen and oxygen atoms in total. The summed E-state index contributed by atoms with van der Waals surface area (Å²) in [6.45, 7) is 2.60. The van der Waals surface area contributed by atoms with E-state index < -0.39 is 36.0 Å². The number of carbonyl (C=O) groups excluding carboxylic acids is 4. The van der Waals surface area contributed by atoms with E-state index in [2.05, 4.69) is 10.6 Å². The molecule has 0 spiro atoms. The summed E-state index contributed by atoms with van der Waals surface area (Å²) in [6.07, 6.45) is -0.192. The fraction of sp³-hybridized carbons (Fsp3) is 0.273. The van der Waals surface area contributed by atoms with Crippen LogP contribution in [0.1, 0.15) is 20.3 Å². The first-order valence-electron chi connectivity index (χ1n) is 9.68. The zero-order valence-corrected chi connectivity index (χ0v) is 18.0. The number of amides is 4. The lowest BCUT2D eigenvalue weighted by atomic mass is 10.1. The minimum absolute atomic E-state index is 0.106. The van der Waals surface area contributed by atoms with Gasteiger partial charge in [-0.15, -0.1) is 0 Å². The van der Waals surface area contributed by atoms with E-state index in [9.17, 15) is 19.2 Å². The molecule has 1 heterocycles. The van der Waals surface area contributed by atoms with E-state index in [1.54, 1.807) is 26.0 Å². The highest BCUT2D eigenvalue weighted by molar-refractivity contribution is 7.99. The predicted octanol–water partition coefficient (Wildman–Crippen LogP) is 3.04. The number of urea groups is 1. The maximum Gasteiger partial charge on any atom is 0.325 e. The maximum absolute atomic E-state index is 12.2. The number of imide groups is 1. The van der Waals surface area contributed by atoms with Gasteiger partial charge in [0.25, 0.3) is 11.8 Å². The number of nitrogens with zero attached hydrogens (tertiary/aromatic N) is 1. The average molecular weight is 442 g/mol. The fourth-order valence-corrected chi connectivity index (χ4v) is 3.83. The summed E-state index contributed by atoms with van der Waals surface area (Å²) in [6, 6.07) is 16.5. The van der Waals surface area contributed by atoms with Crippen LogP contribution in [0.5, 0.6) is 0 Å². The van der Waals surface area contributed by atoms with Crippen molar-refractivity contribution in [3.8, 4) is 0 Å². The number of anilines is 1. The highest BCUT2D eigenvalue weighted by Crippen LogP contribution is 2.33. The average Bonchev–Trinajstić information content (AvgIpc) is 2.93. The van der Waals surface area contributed by atoms with Gasteiger partial charge in [0.2, 0.25) is 0 Å². The van der Waals surface area contributed by atoms with Gasteiger partial charge in [0.05, 0.1) is 12.1 Å². The molecular weight excluding hydrogens is 418 g/mol. The second-order valence-electron chi connectivity index (χ2n) is 7.38. The smallest absolute Gasteiger partial charge is 0.325 e. The third-order valence-electron chi connectivity index (χ3n) is 4.48. The molecule has 2 aromatic carbocycles. The second-order valence-corrected chi connectivity index (χ2v) is 8.50. The number of para-hydroxylation sites is 1. The number of rotatable bonds is 8. The van der Waals surface area contributed by atoms with Crippen LogP contribution in [0.2, 0.25) is 0 Å². The lowest BCUT2D eigenvalue weighted by Gasteiger charge is -2.15. The van der Waals surface area contributed by atoms with Crippen molar-refractivity contribution < 1.29 is 23.9 Å². The van der Waals surface area contributed by atoms with E-state index in [0.29, 0.717) is 5.69 Å². The summed E-state index contributed by atoms with van der Waals surface area (Å²) in [5.41, 5.74) is -0.384. The van der Waals surface area contributed by atoms with E-state index in [1.807, 2.05) is 42.5 Å². The first-order chi connectivity index (χ1) is 14.8. The molecule has 2 N–H and O–H groups in total. The SMILES string of the molecule is CC1(C)NC(=O)N(CCC(=O)OCC(=O)Nc2ccccc2Sc2ccccc2)C1=O. The molecule has 1 aliphatic heterocycles. The fourth-order valence-electron chi connectivity index (χ4n) is 2.90. The van der Waals surface area contributed by atoms with Crippen LogP contribution < -0.4 is 10.6 Å². The third kappa shape index (κ3) is 5.85. The zero-order valence-electron chi connectivity index (χ0n) is 17.2. The summed E-state index contributed by atoms with van der Waals surface area (Å²) in [7, 11) is 0. The Morgan fingerprint density at radius 1 is 1.06 bits per heavy atom. The maximum atomic E-state index is 12.2. The summed E-state index contributed by atoms with van der Waals surface area (Å²) >= 11 is 1.51. The quantitative estimate of drug-likeness (QED) is 0.482. The van der Waals surface area contributed by atoms with E-state index in [-0.39, 0.29) is 13.0 Å². The molecule has 2 aromatic rings. The zero-order chi connectivity index (χ0) is 22.4. The lowest BCUT2D eigenvalue weighted by Crippen LogP contribution is -2.40. The molecule has 0 unspecified atom stereocenters. The third-order valence-corrected chi connectivity index (χ3v) is 5.56. The Kier molecular flexibility index (Phi) is 6.96. The molecule has 1 saturated heterocycles. The van der Waals surface area contributed by atoms with Crippen LogP contribution in [0.4, 0.5) is 10.5 Å². The van der Waals surface area contributed by atoms with Crippen molar-refractivity contribution in [2.75, 3.05) is 18.5 Å². The number of ether oxygens (including phenoxy) is 1. The van der Waals surface area contributed by atoms with Crippen molar-refractivity contribution in [2.24, 2.45) is 0 Å². The monoisotopic (exact) mass is 441 g/mol. The van der Waals surface area contributed by atoms with E-state index >= 15 is 0 Å². The molecule has 0 radical (unpaired) electrons. The largest absolute Gasteiger partial charge is 0.456 e. The van der Waals surface area contributed by atoms with Crippen LogP contribution in [-0.4, -0.2) is 47.4 Å². The molecule has 0 aliphatic carbocycles. The van der Waals surface area contributed by atoms with Gasteiger partial charge < -0.3 is 15.4 Å². The first-order valence-corrected chi connectivity index (χ1v) is 10.5. The molecule has 1 aliphatic rings. The Hall–Kier alpha value is -3.33. The van der Waals surface area contributed by atoms with Gasteiger partial charge in [-0.25, -0.2) is 4.79 Å². The standard InChI is InChI=1S/C22H23N3O5S/c1-22(2)20(28)25(21(29)24-22)13-12-19(27)30-14-18(26)23-16-10-6-7-11-17(16)31-15-8-4-3-5-9-15/h3-11H,12-14H2,1-2H3,(H,23,26)(H,24,29). The molecule has 4 amide bonds. The Bertz CT molecular complexity index is 994. The molecule has 0 aromatic heterocycles. The number of hydrogen-bond acceptors (Lipinski definition) is 6. The van der Waals surface area contributed by atoms with Crippen molar-refractivity contribution in [2.45, 2.75) is 35.6 Å². The van der Waals surface area contributed by atoms with E-state index in [0.717, 1.165) is 14.7 Å². The molecule has 9 heteroatoms. The van der Waals surface area contributed by atoms with Crippen LogP contribution in [0.25, 0.3) is 0 Å². The van der Waals surface area contributed by atoms with Gasteiger partial charge >= 0.3 is 12.0 Å². The molecule has 0 bridgehead atoms. The normalized spacial score (nSPS) is 14.8. The minimum atomic E-state index is -0.994. The van der Waals surface area contributed by atoms with Crippen LogP contribution in [0.15, 0.2) is 64.4 Å². The Balaban J connectivity index is 1.48. The number of nitrogens with one attached hydrogen (secondary N) is 2. The topological polar surface area (TPSA) is 105 Å². The van der Waals surface area contributed by atoms with Crippen molar-refractivity contribution in [1.82, 2.24) is 10.2 Å². The van der Waals surface area contributed by atoms with Crippen molar-refractivity contribution in [1.29, 1.82) is 0 Å². The van der Waals surface area contributed by atoms with Crippen LogP contribution >= 0.6 is 11.8 Å². The van der Waals surface area contributed by atoms with Crippen LogP contribution in [-0.2, 0) is 19.1 Å². The molecular formula is C22H23N3O5S. The molecule has 1 fully saturated rings. The van der Waals surface area contributed by atoms with Gasteiger partial charge in [0.1, 0.15) is 5.54 Å². The van der Waals surface area contributed by atoms with Gasteiger partial charge in [-0.05, 0) is 38.1 Å². The summed E-state index contributed by atoms with van der Waals surface area (Å²) in [5, 5.41) is 5.28. The van der Waals surface area contributed by atoms with Crippen LogP contribution in [0, 0.1) is 0 Å². The first kappa shape index (κ1) is 22.4. The number of carbonyl (C=O) groups is 4. The Morgan fingerprint density at radius 3 is 2.42 bits per heavy atom. The summed E-state index contributed by atoms with van der Waals surface area (Å²) in [4.78, 5) is 51.0. The molecule has 162 valence electrons. The van der Waals surface area contributed by atoms with Crippen molar-refractivity contribution >= 4 is 41.3 Å². The van der Waals surface area contributed by atoms with Crippen molar-refractivity contribution in [3.63, 3.8) is 0 Å². The minimum Gasteiger partial charge on any atom is -0.456 e. The molecule has 0 saturated carbocycles. The number of esters is 1. The summed E-state index contributed by atoms with van der Waals surface area (Å²) < 4.78 is 4.99. The van der Waals surface area contributed by atoms with Gasteiger partial charge in [0.15, 0.2) is 6.61 Å². The van der Waals surface area contributed by atoms with Gasteiger partial charge in [-0.1, -0.05) is 42.1 Å². The molecule has 31 heavy (non-hydrogen) atoms.